The van der Waals surface area contributed by atoms with Crippen molar-refractivity contribution in [3.8, 4) is 0 Å². The first kappa shape index (κ1) is 12.3. The Bertz CT molecular complexity index is 599. The molecule has 0 unspecified atom stereocenters. The van der Waals surface area contributed by atoms with Crippen LogP contribution in [-0.4, -0.2) is 5.91 Å². The van der Waals surface area contributed by atoms with Crippen LogP contribution in [-0.2, 0) is 0 Å². The number of carbonyl (C=O) groups is 1. The second-order valence-electron chi connectivity index (χ2n) is 3.74. The van der Waals surface area contributed by atoms with E-state index < -0.39 is 5.91 Å². The summed E-state index contributed by atoms with van der Waals surface area (Å²) in [6, 6.07) is 12.3. The first-order chi connectivity index (χ1) is 8.59. The third-order valence-electron chi connectivity index (χ3n) is 2.51. The van der Waals surface area contributed by atoms with Crippen LogP contribution in [0.25, 0.3) is 0 Å². The fourth-order valence-electron chi connectivity index (χ4n) is 1.60. The Morgan fingerprint density at radius 3 is 2.39 bits per heavy atom. The van der Waals surface area contributed by atoms with Gasteiger partial charge in [-0.3, -0.25) is 4.79 Å². The highest BCUT2D eigenvalue weighted by Gasteiger charge is 2.10. The lowest BCUT2D eigenvalue weighted by Gasteiger charge is -2.12. The SMILES string of the molecule is NC(=O)c1cccc(Nc2ccccc2Cl)c1N. The quantitative estimate of drug-likeness (QED) is 0.743. The highest BCUT2D eigenvalue weighted by atomic mass is 35.5. The molecule has 2 rings (SSSR count). The smallest absolute Gasteiger partial charge is 0.250 e. The Labute approximate surface area is 110 Å². The second kappa shape index (κ2) is 4.98. The molecule has 0 aliphatic rings. The van der Waals surface area contributed by atoms with Crippen LogP contribution < -0.4 is 16.8 Å². The first-order valence-corrected chi connectivity index (χ1v) is 5.67. The molecule has 4 nitrogen and oxygen atoms in total. The predicted molar refractivity (Wildman–Crippen MR) is 74.1 cm³/mol. The summed E-state index contributed by atoms with van der Waals surface area (Å²) in [6.45, 7) is 0. The van der Waals surface area contributed by atoms with E-state index in [1.807, 2.05) is 18.2 Å². The molecule has 0 aliphatic heterocycles. The minimum atomic E-state index is -0.560. The summed E-state index contributed by atoms with van der Waals surface area (Å²) in [5, 5.41) is 3.64. The minimum Gasteiger partial charge on any atom is -0.396 e. The number of hydrogen-bond acceptors (Lipinski definition) is 3. The molecule has 0 aromatic heterocycles. The molecule has 0 aliphatic carbocycles. The van der Waals surface area contributed by atoms with Gasteiger partial charge >= 0.3 is 0 Å². The lowest BCUT2D eigenvalue weighted by atomic mass is 10.1. The molecule has 92 valence electrons. The summed E-state index contributed by atoms with van der Waals surface area (Å²) < 4.78 is 0. The number of anilines is 3. The summed E-state index contributed by atoms with van der Waals surface area (Å²) in [4.78, 5) is 11.2. The number of halogens is 1. The van der Waals surface area contributed by atoms with Crippen LogP contribution in [0.1, 0.15) is 10.4 Å². The fourth-order valence-corrected chi connectivity index (χ4v) is 1.78. The van der Waals surface area contributed by atoms with Crippen molar-refractivity contribution in [3.63, 3.8) is 0 Å². The van der Waals surface area contributed by atoms with E-state index >= 15 is 0 Å². The normalized spacial score (nSPS) is 10.1. The zero-order valence-corrected chi connectivity index (χ0v) is 10.2. The van der Waals surface area contributed by atoms with Crippen LogP contribution in [0.5, 0.6) is 0 Å². The van der Waals surface area contributed by atoms with Gasteiger partial charge in [-0.15, -0.1) is 0 Å². The van der Waals surface area contributed by atoms with Gasteiger partial charge in [-0.25, -0.2) is 0 Å². The Kier molecular flexibility index (Phi) is 3.39. The van der Waals surface area contributed by atoms with Crippen LogP contribution in [0.4, 0.5) is 17.1 Å². The summed E-state index contributed by atoms with van der Waals surface area (Å²) in [5.74, 6) is -0.560. The maximum absolute atomic E-state index is 11.2. The van der Waals surface area contributed by atoms with Gasteiger partial charge in [0.1, 0.15) is 0 Å². The van der Waals surface area contributed by atoms with E-state index in [2.05, 4.69) is 5.32 Å². The number of hydrogen-bond donors (Lipinski definition) is 3. The molecule has 1 amide bonds. The molecule has 0 saturated carbocycles. The van der Waals surface area contributed by atoms with Crippen molar-refractivity contribution in [2.45, 2.75) is 0 Å². The molecule has 0 radical (unpaired) electrons. The molecule has 2 aromatic rings. The number of amides is 1. The average molecular weight is 262 g/mol. The van der Waals surface area contributed by atoms with E-state index in [1.165, 1.54) is 0 Å². The Balaban J connectivity index is 2.39. The second-order valence-corrected chi connectivity index (χ2v) is 4.14. The maximum Gasteiger partial charge on any atom is 0.250 e. The Morgan fingerprint density at radius 1 is 1.06 bits per heavy atom. The van der Waals surface area contributed by atoms with E-state index in [0.29, 0.717) is 22.1 Å². The van der Waals surface area contributed by atoms with E-state index in [0.717, 1.165) is 0 Å². The van der Waals surface area contributed by atoms with Gasteiger partial charge < -0.3 is 16.8 Å². The highest BCUT2D eigenvalue weighted by molar-refractivity contribution is 6.33. The molecule has 2 aromatic carbocycles. The number of nitrogens with two attached hydrogens (primary N) is 2. The Morgan fingerprint density at radius 2 is 1.72 bits per heavy atom. The number of rotatable bonds is 3. The van der Waals surface area contributed by atoms with Gasteiger partial charge in [-0.2, -0.15) is 0 Å². The summed E-state index contributed by atoms with van der Waals surface area (Å²) in [7, 11) is 0. The zero-order valence-electron chi connectivity index (χ0n) is 9.48. The van der Waals surface area contributed by atoms with Crippen LogP contribution in [0.3, 0.4) is 0 Å². The number of nitrogens with one attached hydrogen (secondary N) is 1. The minimum absolute atomic E-state index is 0.284. The standard InChI is InChI=1S/C13H12ClN3O/c14-9-5-1-2-6-10(9)17-11-7-3-4-8(12(11)15)13(16)18/h1-7,17H,15H2,(H2,16,18). The third kappa shape index (κ3) is 2.38. The number of nitrogen functional groups attached to an aromatic ring is 1. The van der Waals surface area contributed by atoms with Gasteiger partial charge in [-0.05, 0) is 24.3 Å². The average Bonchev–Trinajstić information content (AvgIpc) is 2.34. The van der Waals surface area contributed by atoms with Crippen LogP contribution >= 0.6 is 11.6 Å². The molecule has 5 heteroatoms. The summed E-state index contributed by atoms with van der Waals surface area (Å²) in [6.07, 6.45) is 0. The van der Waals surface area contributed by atoms with Gasteiger partial charge in [0.05, 0.1) is 27.6 Å². The molecule has 0 saturated heterocycles. The van der Waals surface area contributed by atoms with Gasteiger partial charge in [-0.1, -0.05) is 29.8 Å². The molecular weight excluding hydrogens is 250 g/mol. The van der Waals surface area contributed by atoms with E-state index in [4.69, 9.17) is 23.1 Å². The fraction of sp³-hybridized carbons (Fsp3) is 0. The monoisotopic (exact) mass is 261 g/mol. The van der Waals surface area contributed by atoms with E-state index in [9.17, 15) is 4.79 Å². The topological polar surface area (TPSA) is 81.1 Å². The summed E-state index contributed by atoms with van der Waals surface area (Å²) in [5.41, 5.74) is 13.0. The largest absolute Gasteiger partial charge is 0.396 e. The predicted octanol–water partition coefficient (Wildman–Crippen LogP) is 2.76. The third-order valence-corrected chi connectivity index (χ3v) is 2.84. The number of carbonyl (C=O) groups excluding carboxylic acids is 1. The van der Waals surface area contributed by atoms with Crippen LogP contribution in [0.15, 0.2) is 42.5 Å². The van der Waals surface area contributed by atoms with E-state index in [1.54, 1.807) is 24.3 Å². The zero-order chi connectivity index (χ0) is 13.1. The van der Waals surface area contributed by atoms with Gasteiger partial charge in [0, 0.05) is 0 Å². The number of para-hydroxylation sites is 2. The van der Waals surface area contributed by atoms with Crippen molar-refractivity contribution in [2.24, 2.45) is 5.73 Å². The summed E-state index contributed by atoms with van der Waals surface area (Å²) >= 11 is 6.03. The van der Waals surface area contributed by atoms with Gasteiger partial charge in [0.2, 0.25) is 0 Å². The van der Waals surface area contributed by atoms with Crippen molar-refractivity contribution in [3.05, 3.63) is 53.1 Å². The molecule has 0 fully saturated rings. The lowest BCUT2D eigenvalue weighted by Crippen LogP contribution is -2.14. The Hall–Kier alpha value is -2.20. The number of benzene rings is 2. The van der Waals surface area contributed by atoms with Crippen molar-refractivity contribution in [1.82, 2.24) is 0 Å². The molecule has 18 heavy (non-hydrogen) atoms. The van der Waals surface area contributed by atoms with Crippen LogP contribution in [0.2, 0.25) is 5.02 Å². The van der Waals surface area contributed by atoms with Gasteiger partial charge in [0.25, 0.3) is 5.91 Å². The van der Waals surface area contributed by atoms with Crippen molar-refractivity contribution in [1.29, 1.82) is 0 Å². The van der Waals surface area contributed by atoms with Crippen LogP contribution in [0, 0.1) is 0 Å². The maximum atomic E-state index is 11.2. The molecule has 5 N–H and O–H groups in total. The number of primary amides is 1. The molecular formula is C13H12ClN3O. The molecule has 0 atom stereocenters. The highest BCUT2D eigenvalue weighted by Crippen LogP contribution is 2.29. The van der Waals surface area contributed by atoms with Gasteiger partial charge in [0.15, 0.2) is 0 Å². The molecule has 0 bridgehead atoms. The van der Waals surface area contributed by atoms with E-state index in [-0.39, 0.29) is 5.56 Å². The lowest BCUT2D eigenvalue weighted by molar-refractivity contribution is 0.100. The molecule has 0 spiro atoms. The van der Waals surface area contributed by atoms with Crippen molar-refractivity contribution < 1.29 is 4.79 Å². The first-order valence-electron chi connectivity index (χ1n) is 5.29. The molecule has 0 heterocycles. The van der Waals surface area contributed by atoms with Crippen molar-refractivity contribution in [2.75, 3.05) is 11.1 Å². The van der Waals surface area contributed by atoms with Crippen molar-refractivity contribution >= 4 is 34.6 Å².